The smallest absolute Gasteiger partial charge is 0.233 e. The summed E-state index contributed by atoms with van der Waals surface area (Å²) in [6, 6.07) is 9.21. The number of hydrogen-bond donors (Lipinski definition) is 2. The molecule has 0 unspecified atom stereocenters. The number of aromatic amines is 1. The Morgan fingerprint density at radius 3 is 2.65 bits per heavy atom. The van der Waals surface area contributed by atoms with E-state index in [1.807, 2.05) is 6.92 Å². The van der Waals surface area contributed by atoms with Crippen LogP contribution in [-0.2, 0) is 4.79 Å². The SMILES string of the molecule is CNC(=O)CN1CCC(c2ccc3[nH]c(-c4cc(C)c5nc(C)cn5c4)c(C(C)C)c3c2)CC1. The van der Waals surface area contributed by atoms with Gasteiger partial charge in [-0.3, -0.25) is 9.69 Å². The molecule has 5 rings (SSSR count). The first-order valence-electron chi connectivity index (χ1n) is 12.4. The zero-order valence-corrected chi connectivity index (χ0v) is 20.9. The number of aromatic nitrogens is 3. The minimum atomic E-state index is 0.0978. The third kappa shape index (κ3) is 4.11. The highest BCUT2D eigenvalue weighted by Crippen LogP contribution is 2.38. The molecular formula is C28H35N5O. The van der Waals surface area contributed by atoms with Crippen molar-refractivity contribution in [1.29, 1.82) is 0 Å². The Labute approximate surface area is 201 Å². The molecule has 1 aliphatic heterocycles. The number of pyridine rings is 1. The van der Waals surface area contributed by atoms with Gasteiger partial charge in [-0.1, -0.05) is 19.9 Å². The van der Waals surface area contributed by atoms with Gasteiger partial charge in [0.05, 0.1) is 17.9 Å². The summed E-state index contributed by atoms with van der Waals surface area (Å²) in [5, 5.41) is 4.06. The van der Waals surface area contributed by atoms with E-state index in [0.29, 0.717) is 18.4 Å². The van der Waals surface area contributed by atoms with Crippen LogP contribution in [0, 0.1) is 13.8 Å². The van der Waals surface area contributed by atoms with Crippen LogP contribution in [0.5, 0.6) is 0 Å². The third-order valence-electron chi connectivity index (χ3n) is 7.29. The average Bonchev–Trinajstić information content (AvgIpc) is 3.39. The minimum absolute atomic E-state index is 0.0978. The lowest BCUT2D eigenvalue weighted by molar-refractivity contribution is -0.122. The van der Waals surface area contributed by atoms with Gasteiger partial charge < -0.3 is 14.7 Å². The van der Waals surface area contributed by atoms with Crippen LogP contribution in [0.25, 0.3) is 27.8 Å². The van der Waals surface area contributed by atoms with E-state index in [4.69, 9.17) is 0 Å². The van der Waals surface area contributed by atoms with Crippen LogP contribution >= 0.6 is 0 Å². The van der Waals surface area contributed by atoms with Gasteiger partial charge in [0.15, 0.2) is 0 Å². The summed E-state index contributed by atoms with van der Waals surface area (Å²) < 4.78 is 2.15. The molecule has 0 bridgehead atoms. The van der Waals surface area contributed by atoms with Gasteiger partial charge in [-0.25, -0.2) is 4.98 Å². The largest absolute Gasteiger partial charge is 0.358 e. The number of fused-ring (bicyclic) bond motifs is 2. The van der Waals surface area contributed by atoms with Crippen LogP contribution in [-0.4, -0.2) is 51.9 Å². The van der Waals surface area contributed by atoms with Gasteiger partial charge in [0.25, 0.3) is 0 Å². The van der Waals surface area contributed by atoms with Gasteiger partial charge in [0, 0.05) is 35.9 Å². The second kappa shape index (κ2) is 8.91. The van der Waals surface area contributed by atoms with Crippen LogP contribution in [0.3, 0.4) is 0 Å². The molecule has 0 radical (unpaired) electrons. The Bertz CT molecular complexity index is 1350. The molecule has 0 spiro atoms. The van der Waals surface area contributed by atoms with E-state index < -0.39 is 0 Å². The van der Waals surface area contributed by atoms with Gasteiger partial charge in [-0.15, -0.1) is 0 Å². The maximum atomic E-state index is 11.7. The summed E-state index contributed by atoms with van der Waals surface area (Å²) in [5.74, 6) is 1.03. The summed E-state index contributed by atoms with van der Waals surface area (Å²) in [5.41, 5.74) is 9.63. The number of likely N-dealkylation sites (tertiary alicyclic amines) is 1. The number of hydrogen-bond acceptors (Lipinski definition) is 3. The number of aryl methyl sites for hydroxylation is 2. The number of carbonyl (C=O) groups is 1. The minimum Gasteiger partial charge on any atom is -0.358 e. The molecule has 6 heteroatoms. The molecule has 3 aromatic heterocycles. The zero-order chi connectivity index (χ0) is 24.0. The molecule has 0 aliphatic carbocycles. The first-order valence-corrected chi connectivity index (χ1v) is 12.4. The molecule has 1 aliphatic rings. The average molecular weight is 458 g/mol. The monoisotopic (exact) mass is 457 g/mol. The van der Waals surface area contributed by atoms with E-state index in [-0.39, 0.29) is 5.91 Å². The fourth-order valence-electron chi connectivity index (χ4n) is 5.55. The Morgan fingerprint density at radius 2 is 1.94 bits per heavy atom. The Morgan fingerprint density at radius 1 is 1.18 bits per heavy atom. The molecule has 0 saturated carbocycles. The standard InChI is InChI=1S/C28H35N5O/c1-17(2)26-23-13-21(20-8-10-32(11-9-20)16-25(34)29-5)6-7-24(23)31-27(26)22-12-18(3)28-30-19(4)14-33(28)15-22/h6-7,12-15,17,20,31H,8-11,16H2,1-5H3,(H,29,34). The molecular weight excluding hydrogens is 422 g/mol. The third-order valence-corrected chi connectivity index (χ3v) is 7.29. The van der Waals surface area contributed by atoms with E-state index in [1.54, 1.807) is 7.05 Å². The topological polar surface area (TPSA) is 65.4 Å². The van der Waals surface area contributed by atoms with E-state index in [9.17, 15) is 4.79 Å². The van der Waals surface area contributed by atoms with Gasteiger partial charge in [0.2, 0.25) is 5.91 Å². The Kier molecular flexibility index (Phi) is 5.94. The van der Waals surface area contributed by atoms with E-state index in [1.165, 1.54) is 38.9 Å². The summed E-state index contributed by atoms with van der Waals surface area (Å²) in [6.45, 7) is 11.2. The number of piperidine rings is 1. The fourth-order valence-corrected chi connectivity index (χ4v) is 5.55. The van der Waals surface area contributed by atoms with Gasteiger partial charge >= 0.3 is 0 Å². The van der Waals surface area contributed by atoms with Crippen molar-refractivity contribution in [1.82, 2.24) is 24.6 Å². The summed E-state index contributed by atoms with van der Waals surface area (Å²) >= 11 is 0. The van der Waals surface area contributed by atoms with Gasteiger partial charge in [0.1, 0.15) is 5.65 Å². The number of nitrogens with zero attached hydrogens (tertiary/aromatic N) is 3. The maximum Gasteiger partial charge on any atom is 0.233 e. The van der Waals surface area contributed by atoms with E-state index in [0.717, 1.165) is 37.3 Å². The van der Waals surface area contributed by atoms with E-state index in [2.05, 4.69) is 82.0 Å². The van der Waals surface area contributed by atoms with Crippen molar-refractivity contribution in [3.63, 3.8) is 0 Å². The van der Waals surface area contributed by atoms with Crippen molar-refractivity contribution >= 4 is 22.5 Å². The quantitative estimate of drug-likeness (QED) is 0.436. The molecule has 0 atom stereocenters. The lowest BCUT2D eigenvalue weighted by atomic mass is 9.87. The van der Waals surface area contributed by atoms with Gasteiger partial charge in [-0.05, 0) is 86.5 Å². The molecule has 4 aromatic rings. The molecule has 1 aromatic carbocycles. The van der Waals surface area contributed by atoms with Crippen molar-refractivity contribution in [3.8, 4) is 11.3 Å². The van der Waals surface area contributed by atoms with Crippen LogP contribution in [0.4, 0.5) is 0 Å². The highest BCUT2D eigenvalue weighted by molar-refractivity contribution is 5.92. The second-order valence-electron chi connectivity index (χ2n) is 10.1. The number of amides is 1. The van der Waals surface area contributed by atoms with Crippen LogP contribution in [0.2, 0.25) is 0 Å². The summed E-state index contributed by atoms with van der Waals surface area (Å²) in [4.78, 5) is 22.4. The molecule has 1 fully saturated rings. The predicted octanol–water partition coefficient (Wildman–Crippen LogP) is 5.15. The van der Waals surface area contributed by atoms with E-state index >= 15 is 0 Å². The molecule has 2 N–H and O–H groups in total. The lowest BCUT2D eigenvalue weighted by Gasteiger charge is -2.31. The maximum absolute atomic E-state index is 11.7. The number of benzene rings is 1. The highest BCUT2D eigenvalue weighted by atomic mass is 16.1. The first-order chi connectivity index (χ1) is 16.3. The van der Waals surface area contributed by atoms with Crippen molar-refractivity contribution in [3.05, 3.63) is 59.0 Å². The Balaban J connectivity index is 1.49. The van der Waals surface area contributed by atoms with Crippen molar-refractivity contribution in [2.75, 3.05) is 26.7 Å². The summed E-state index contributed by atoms with van der Waals surface area (Å²) in [6.07, 6.45) is 6.47. The molecule has 4 heterocycles. The van der Waals surface area contributed by atoms with Crippen LogP contribution in [0.1, 0.15) is 60.9 Å². The summed E-state index contributed by atoms with van der Waals surface area (Å²) in [7, 11) is 1.71. The molecule has 178 valence electrons. The predicted molar refractivity (Wildman–Crippen MR) is 139 cm³/mol. The molecule has 1 saturated heterocycles. The molecule has 34 heavy (non-hydrogen) atoms. The fraction of sp³-hybridized carbons (Fsp3) is 0.429. The highest BCUT2D eigenvalue weighted by Gasteiger charge is 2.24. The number of imidazole rings is 1. The second-order valence-corrected chi connectivity index (χ2v) is 10.1. The first kappa shape index (κ1) is 22.7. The van der Waals surface area contributed by atoms with Gasteiger partial charge in [-0.2, -0.15) is 0 Å². The number of likely N-dealkylation sites (N-methyl/N-ethyl adjacent to an activating group) is 1. The number of carbonyl (C=O) groups excluding carboxylic acids is 1. The zero-order valence-electron chi connectivity index (χ0n) is 20.9. The lowest BCUT2D eigenvalue weighted by Crippen LogP contribution is -2.40. The van der Waals surface area contributed by atoms with Crippen molar-refractivity contribution in [2.24, 2.45) is 0 Å². The molecule has 6 nitrogen and oxygen atoms in total. The molecule has 1 amide bonds. The van der Waals surface area contributed by atoms with Crippen molar-refractivity contribution in [2.45, 2.75) is 52.4 Å². The normalized spacial score (nSPS) is 15.6. The number of H-pyrrole nitrogens is 1. The number of nitrogens with one attached hydrogen (secondary N) is 2. The number of rotatable bonds is 5. The van der Waals surface area contributed by atoms with Crippen molar-refractivity contribution < 1.29 is 4.79 Å². The van der Waals surface area contributed by atoms with Crippen LogP contribution in [0.15, 0.2) is 36.7 Å². The Hall–Kier alpha value is -3.12. The van der Waals surface area contributed by atoms with Crippen LogP contribution < -0.4 is 5.32 Å².